The summed E-state index contributed by atoms with van der Waals surface area (Å²) in [6.45, 7) is 6.93. The van der Waals surface area contributed by atoms with E-state index < -0.39 is 7.35 Å². The Hall–Kier alpha value is -2.65. The smallest absolute Gasteiger partial charge is 0.256 e. The van der Waals surface area contributed by atoms with Gasteiger partial charge in [-0.25, -0.2) is 9.37 Å². The van der Waals surface area contributed by atoms with Crippen LogP contribution in [0.4, 0.5) is 21.7 Å². The van der Waals surface area contributed by atoms with Crippen molar-refractivity contribution in [1.82, 2.24) is 14.5 Å². The molecule has 2 atom stereocenters. The van der Waals surface area contributed by atoms with E-state index in [4.69, 9.17) is 4.52 Å². The number of anilines is 3. The lowest BCUT2D eigenvalue weighted by Gasteiger charge is -2.42. The molecule has 2 aromatic carbocycles. The monoisotopic (exact) mass is 584 g/mol. The van der Waals surface area contributed by atoms with Crippen LogP contribution in [0.15, 0.2) is 65.6 Å². The predicted octanol–water partition coefficient (Wildman–Crippen LogP) is 5.76. The number of benzene rings is 2. The molecule has 0 spiro atoms. The summed E-state index contributed by atoms with van der Waals surface area (Å²) in [7, 11) is 1.38. The van der Waals surface area contributed by atoms with E-state index in [0.717, 1.165) is 55.0 Å². The van der Waals surface area contributed by atoms with Gasteiger partial charge in [0.1, 0.15) is 12.5 Å². The Morgan fingerprint density at radius 1 is 1.15 bits per heavy atom. The van der Waals surface area contributed by atoms with Gasteiger partial charge in [0.25, 0.3) is 5.56 Å². The Balaban J connectivity index is 1.25. The van der Waals surface area contributed by atoms with Gasteiger partial charge >= 0.3 is 0 Å². The van der Waals surface area contributed by atoms with Crippen LogP contribution in [0.5, 0.6) is 0 Å². The quantitative estimate of drug-likeness (QED) is 0.286. The van der Waals surface area contributed by atoms with Gasteiger partial charge < -0.3 is 19.6 Å². The minimum absolute atomic E-state index is 0.0135. The molecule has 1 fully saturated rings. The van der Waals surface area contributed by atoms with Gasteiger partial charge in [-0.15, -0.1) is 11.4 Å². The number of aromatic nitrogens is 2. The van der Waals surface area contributed by atoms with Crippen LogP contribution < -0.4 is 20.7 Å². The fourth-order valence-electron chi connectivity index (χ4n) is 5.35. The number of nitrogens with zero attached hydrogens (tertiary/aromatic N) is 5. The van der Waals surface area contributed by atoms with Gasteiger partial charge in [0.05, 0.1) is 18.7 Å². The van der Waals surface area contributed by atoms with Crippen molar-refractivity contribution in [3.63, 3.8) is 0 Å². The van der Waals surface area contributed by atoms with Crippen LogP contribution in [0.2, 0.25) is 0 Å². The van der Waals surface area contributed by atoms with E-state index in [1.807, 2.05) is 36.6 Å². The molecule has 0 saturated carbocycles. The molecule has 11 heteroatoms. The molecule has 0 radical (unpaired) electrons. The molecule has 3 heterocycles. The van der Waals surface area contributed by atoms with Crippen molar-refractivity contribution in [2.75, 3.05) is 47.7 Å². The second-order valence-electron chi connectivity index (χ2n) is 10.2. The predicted molar refractivity (Wildman–Crippen MR) is 165 cm³/mol. The number of hydrogen-bond acceptors (Lipinski definition) is 8. The van der Waals surface area contributed by atoms with E-state index in [9.17, 15) is 9.18 Å². The molecule has 0 amide bonds. The summed E-state index contributed by atoms with van der Waals surface area (Å²) < 4.78 is 21.2. The second kappa shape index (κ2) is 13.3. The fourth-order valence-corrected chi connectivity index (χ4v) is 7.82. The van der Waals surface area contributed by atoms with E-state index in [0.29, 0.717) is 12.5 Å². The van der Waals surface area contributed by atoms with Crippen LogP contribution in [-0.2, 0) is 17.8 Å². The maximum absolute atomic E-state index is 13.5. The van der Waals surface area contributed by atoms with Crippen molar-refractivity contribution in [1.29, 1.82) is 0 Å². The number of rotatable bonds is 11. The molecule has 8 nitrogen and oxygen atoms in total. The van der Waals surface area contributed by atoms with Gasteiger partial charge in [0, 0.05) is 45.0 Å². The van der Waals surface area contributed by atoms with Crippen LogP contribution in [0.25, 0.3) is 0 Å². The summed E-state index contributed by atoms with van der Waals surface area (Å²) in [6, 6.07) is 16.9. The molecule has 214 valence electrons. The summed E-state index contributed by atoms with van der Waals surface area (Å²) in [5.74, 6) is 1.49. The second-order valence-corrected chi connectivity index (χ2v) is 14.3. The summed E-state index contributed by atoms with van der Waals surface area (Å²) in [4.78, 5) is 24.3. The summed E-state index contributed by atoms with van der Waals surface area (Å²) in [5, 5.41) is 3.71. The lowest BCUT2D eigenvalue weighted by atomic mass is 10.0. The highest BCUT2D eigenvalue weighted by Gasteiger charge is 2.36. The zero-order chi connectivity index (χ0) is 28.1. The SMILES string of the molecule is CCCSP(C)OCn1c(N(C)C2CCN(C3Nc4ccccc4N3Cc3ccc(F)cc3)CC2)nccc1=O. The van der Waals surface area contributed by atoms with Gasteiger partial charge in [-0.05, 0) is 61.5 Å². The third-order valence-corrected chi connectivity index (χ3v) is 10.9. The van der Waals surface area contributed by atoms with Crippen molar-refractivity contribution in [3.8, 4) is 0 Å². The topological polar surface area (TPSA) is 65.9 Å². The van der Waals surface area contributed by atoms with Crippen LogP contribution in [0, 0.1) is 5.82 Å². The highest BCUT2D eigenvalue weighted by Crippen LogP contribution is 2.47. The standard InChI is InChI=1S/C29H38FN6O2PS/c1-4-19-40-39(3)38-21-36-27(37)13-16-31-28(36)33(2)24-14-17-34(18-15-24)29-32-25-7-5-6-8-26(25)35(29)20-22-9-11-23(30)12-10-22/h5-13,16,24,29,32H,4,14-15,17-21H2,1-3H3. The van der Waals surface area contributed by atoms with E-state index in [-0.39, 0.29) is 30.4 Å². The Labute approximate surface area is 241 Å². The number of fused-ring (bicyclic) bond motifs is 1. The normalized spacial score (nSPS) is 18.4. The molecular formula is C29H38FN6O2PS. The van der Waals surface area contributed by atoms with Gasteiger partial charge in [-0.2, -0.15) is 0 Å². The van der Waals surface area contributed by atoms with Crippen LogP contribution >= 0.6 is 18.7 Å². The summed E-state index contributed by atoms with van der Waals surface area (Å²) in [5.41, 5.74) is 3.24. The summed E-state index contributed by atoms with van der Waals surface area (Å²) in [6.07, 6.45) is 4.58. The van der Waals surface area contributed by atoms with E-state index in [1.165, 1.54) is 18.2 Å². The van der Waals surface area contributed by atoms with Crippen molar-refractivity contribution < 1.29 is 8.91 Å². The maximum Gasteiger partial charge on any atom is 0.256 e. The van der Waals surface area contributed by atoms with Gasteiger partial charge in [-0.1, -0.05) is 31.2 Å². The molecule has 2 aliphatic rings. The van der Waals surface area contributed by atoms with Gasteiger partial charge in [-0.3, -0.25) is 14.3 Å². The molecule has 40 heavy (non-hydrogen) atoms. The average molecular weight is 585 g/mol. The van der Waals surface area contributed by atoms with Crippen LogP contribution in [-0.4, -0.2) is 59.3 Å². The number of hydrogen-bond donors (Lipinski definition) is 1. The molecule has 1 aromatic heterocycles. The number of para-hydroxylation sites is 2. The molecule has 0 bridgehead atoms. The first-order valence-electron chi connectivity index (χ1n) is 13.8. The largest absolute Gasteiger partial charge is 0.351 e. The first-order chi connectivity index (χ1) is 19.4. The van der Waals surface area contributed by atoms with Gasteiger partial charge in [0.2, 0.25) is 5.95 Å². The van der Waals surface area contributed by atoms with E-state index >= 15 is 0 Å². The lowest BCUT2D eigenvalue weighted by Crippen LogP contribution is -2.55. The van der Waals surface area contributed by atoms with Crippen molar-refractivity contribution in [3.05, 3.63) is 82.5 Å². The Bertz CT molecular complexity index is 1320. The lowest BCUT2D eigenvalue weighted by molar-refractivity contribution is 0.163. The van der Waals surface area contributed by atoms with Crippen LogP contribution in [0.1, 0.15) is 31.7 Å². The first-order valence-corrected chi connectivity index (χ1v) is 17.1. The molecule has 2 unspecified atom stereocenters. The summed E-state index contributed by atoms with van der Waals surface area (Å²) >= 11 is 1.81. The molecule has 0 aliphatic carbocycles. The highest BCUT2D eigenvalue weighted by atomic mass is 32.7. The zero-order valence-electron chi connectivity index (χ0n) is 23.4. The Morgan fingerprint density at radius 3 is 2.65 bits per heavy atom. The minimum Gasteiger partial charge on any atom is -0.351 e. The average Bonchev–Trinajstić information content (AvgIpc) is 3.34. The van der Waals surface area contributed by atoms with Gasteiger partial charge in [0.15, 0.2) is 6.29 Å². The molecule has 1 N–H and O–H groups in total. The number of piperidine rings is 1. The van der Waals surface area contributed by atoms with Crippen molar-refractivity contribution in [2.24, 2.45) is 0 Å². The first kappa shape index (κ1) is 28.9. The third kappa shape index (κ3) is 6.62. The minimum atomic E-state index is -0.651. The zero-order valence-corrected chi connectivity index (χ0v) is 25.1. The van der Waals surface area contributed by atoms with E-state index in [2.05, 4.69) is 56.8 Å². The molecule has 5 rings (SSSR count). The highest BCUT2D eigenvalue weighted by molar-refractivity contribution is 8.54. The number of halogens is 1. The number of nitrogens with one attached hydrogen (secondary N) is 1. The molecule has 2 aliphatic heterocycles. The van der Waals surface area contributed by atoms with Crippen LogP contribution in [0.3, 0.4) is 0 Å². The maximum atomic E-state index is 13.5. The Kier molecular flexibility index (Phi) is 9.63. The van der Waals surface area contributed by atoms with Crippen molar-refractivity contribution >= 4 is 36.1 Å². The molecule has 3 aromatic rings. The Morgan fingerprint density at radius 2 is 1.90 bits per heavy atom. The number of likely N-dealkylation sites (tertiary alicyclic amines) is 1. The third-order valence-electron chi connectivity index (χ3n) is 7.53. The van der Waals surface area contributed by atoms with Crippen molar-refractivity contribution in [2.45, 2.75) is 51.8 Å². The fraction of sp³-hybridized carbons (Fsp3) is 0.448. The van der Waals surface area contributed by atoms with E-state index in [1.54, 1.807) is 10.8 Å². The molecule has 1 saturated heterocycles. The molecular weight excluding hydrogens is 546 g/mol.